The van der Waals surface area contributed by atoms with Gasteiger partial charge in [0.25, 0.3) is 5.91 Å². The molecule has 0 aliphatic heterocycles. The van der Waals surface area contributed by atoms with E-state index in [1.165, 1.54) is 0 Å². The van der Waals surface area contributed by atoms with Gasteiger partial charge in [-0.2, -0.15) is 5.10 Å². The summed E-state index contributed by atoms with van der Waals surface area (Å²) < 4.78 is 12.6. The number of aromatic nitrogens is 2. The van der Waals surface area contributed by atoms with Gasteiger partial charge in [-0.15, -0.1) is 0 Å². The predicted octanol–water partition coefficient (Wildman–Crippen LogP) is 4.02. The van der Waals surface area contributed by atoms with Gasteiger partial charge < -0.3 is 14.8 Å². The Balaban J connectivity index is 1.85. The fourth-order valence-corrected chi connectivity index (χ4v) is 3.15. The number of hydrogen-bond acceptors (Lipinski definition) is 5. The zero-order valence-corrected chi connectivity index (χ0v) is 18.9. The number of benzene rings is 2. The van der Waals surface area contributed by atoms with Crippen LogP contribution in [0.1, 0.15) is 35.0 Å². The molecule has 168 valence electrons. The van der Waals surface area contributed by atoms with Crippen molar-refractivity contribution in [1.29, 1.82) is 0 Å². The number of nitrogens with zero attached hydrogens (tertiary/aromatic N) is 3. The lowest BCUT2D eigenvalue weighted by molar-refractivity contribution is 0.0977. The number of amides is 1. The van der Waals surface area contributed by atoms with Crippen LogP contribution >= 0.6 is 0 Å². The van der Waals surface area contributed by atoms with Crippen molar-refractivity contribution in [2.75, 3.05) is 19.5 Å². The number of carbonyl (C=O) groups is 1. The average Bonchev–Trinajstić information content (AvgIpc) is 3.17. The number of nitrogens with one attached hydrogen (secondary N) is 2. The maximum absolute atomic E-state index is 12.7. The van der Waals surface area contributed by atoms with Gasteiger partial charge in [0, 0.05) is 35.6 Å². The maximum Gasteiger partial charge on any atom is 0.257 e. The SMILES string of the molecule is CCCn1cc(CN=C(NC(=O)c2ccccc2)Nc2ccc(OC)c(OC)c2)c(C)n1. The van der Waals surface area contributed by atoms with Crippen molar-refractivity contribution >= 4 is 17.6 Å². The molecule has 3 aromatic rings. The predicted molar refractivity (Wildman–Crippen MR) is 125 cm³/mol. The molecule has 8 nitrogen and oxygen atoms in total. The number of methoxy groups -OCH3 is 2. The van der Waals surface area contributed by atoms with Gasteiger partial charge in [0.05, 0.1) is 26.5 Å². The number of rotatable bonds is 8. The third kappa shape index (κ3) is 5.87. The summed E-state index contributed by atoms with van der Waals surface area (Å²) in [5, 5.41) is 10.6. The first-order valence-corrected chi connectivity index (χ1v) is 10.5. The molecule has 0 bridgehead atoms. The monoisotopic (exact) mass is 435 g/mol. The van der Waals surface area contributed by atoms with E-state index in [1.54, 1.807) is 38.5 Å². The molecule has 0 aliphatic carbocycles. The summed E-state index contributed by atoms with van der Waals surface area (Å²) in [6, 6.07) is 14.4. The van der Waals surface area contributed by atoms with Crippen LogP contribution < -0.4 is 20.1 Å². The van der Waals surface area contributed by atoms with Gasteiger partial charge >= 0.3 is 0 Å². The van der Waals surface area contributed by atoms with Crippen molar-refractivity contribution in [3.8, 4) is 11.5 Å². The van der Waals surface area contributed by atoms with Crippen LogP contribution in [0.4, 0.5) is 5.69 Å². The Kier molecular flexibility index (Phi) is 7.85. The Morgan fingerprint density at radius 3 is 2.53 bits per heavy atom. The molecule has 0 spiro atoms. The summed E-state index contributed by atoms with van der Waals surface area (Å²) in [6.07, 6.45) is 3.00. The highest BCUT2D eigenvalue weighted by atomic mass is 16.5. The van der Waals surface area contributed by atoms with Gasteiger partial charge in [-0.25, -0.2) is 4.99 Å². The van der Waals surface area contributed by atoms with Crippen LogP contribution in [0, 0.1) is 6.92 Å². The molecule has 0 saturated carbocycles. The van der Waals surface area contributed by atoms with E-state index in [-0.39, 0.29) is 5.91 Å². The zero-order valence-electron chi connectivity index (χ0n) is 18.9. The standard InChI is InChI=1S/C24H29N5O3/c1-5-13-29-16-19(17(2)28-29)15-25-24(27-23(30)18-9-7-6-8-10-18)26-20-11-12-21(31-3)22(14-20)32-4/h6-12,14,16H,5,13,15H2,1-4H3,(H2,25,26,27,30). The molecule has 0 radical (unpaired) electrons. The minimum Gasteiger partial charge on any atom is -0.493 e. The first-order valence-electron chi connectivity index (χ1n) is 10.5. The fourth-order valence-electron chi connectivity index (χ4n) is 3.15. The van der Waals surface area contributed by atoms with Gasteiger partial charge in [0.1, 0.15) is 0 Å². The van der Waals surface area contributed by atoms with E-state index >= 15 is 0 Å². The topological polar surface area (TPSA) is 89.8 Å². The highest BCUT2D eigenvalue weighted by molar-refractivity contribution is 6.10. The highest BCUT2D eigenvalue weighted by Gasteiger charge is 2.12. The second kappa shape index (κ2) is 11.0. The molecule has 0 atom stereocenters. The zero-order chi connectivity index (χ0) is 22.9. The van der Waals surface area contributed by atoms with Crippen molar-refractivity contribution < 1.29 is 14.3 Å². The normalized spacial score (nSPS) is 11.2. The van der Waals surface area contributed by atoms with Gasteiger partial charge in [-0.3, -0.25) is 14.8 Å². The maximum atomic E-state index is 12.7. The third-order valence-electron chi connectivity index (χ3n) is 4.82. The molecule has 0 unspecified atom stereocenters. The molecule has 1 aromatic heterocycles. The Labute approximate surface area is 188 Å². The van der Waals surface area contributed by atoms with Gasteiger partial charge in [0.2, 0.25) is 5.96 Å². The summed E-state index contributed by atoms with van der Waals surface area (Å²) in [4.78, 5) is 17.4. The van der Waals surface area contributed by atoms with Crippen LogP contribution in [0.3, 0.4) is 0 Å². The minimum absolute atomic E-state index is 0.254. The van der Waals surface area contributed by atoms with Gasteiger partial charge in [-0.05, 0) is 37.6 Å². The van der Waals surface area contributed by atoms with Crippen molar-refractivity contribution in [1.82, 2.24) is 15.1 Å². The Bertz CT molecular complexity index is 1080. The second-order valence-electron chi connectivity index (χ2n) is 7.18. The minimum atomic E-state index is -0.254. The number of aliphatic imine (C=N–C) groups is 1. The van der Waals surface area contributed by atoms with Crippen LogP contribution in [0.15, 0.2) is 59.7 Å². The van der Waals surface area contributed by atoms with E-state index in [4.69, 9.17) is 9.47 Å². The number of carbonyl (C=O) groups excluding carboxylic acids is 1. The number of ether oxygens (including phenoxy) is 2. The van der Waals surface area contributed by atoms with E-state index in [1.807, 2.05) is 42.1 Å². The summed E-state index contributed by atoms with van der Waals surface area (Å²) in [5.74, 6) is 1.26. The number of anilines is 1. The molecule has 3 rings (SSSR count). The van der Waals surface area contributed by atoms with Crippen LogP contribution in [-0.2, 0) is 13.1 Å². The molecule has 0 aliphatic rings. The lowest BCUT2D eigenvalue weighted by atomic mass is 10.2. The summed E-state index contributed by atoms with van der Waals surface area (Å²) in [7, 11) is 3.16. The van der Waals surface area contributed by atoms with Crippen molar-refractivity contribution in [2.45, 2.75) is 33.4 Å². The van der Waals surface area contributed by atoms with Crippen LogP contribution in [-0.4, -0.2) is 35.9 Å². The fraction of sp³-hybridized carbons (Fsp3) is 0.292. The van der Waals surface area contributed by atoms with Crippen LogP contribution in [0.5, 0.6) is 11.5 Å². The quantitative estimate of drug-likeness (QED) is 0.412. The molecule has 2 aromatic carbocycles. The molecular formula is C24H29N5O3. The molecule has 8 heteroatoms. The molecule has 0 saturated heterocycles. The van der Waals surface area contributed by atoms with E-state index in [2.05, 4.69) is 27.6 Å². The third-order valence-corrected chi connectivity index (χ3v) is 4.82. The second-order valence-corrected chi connectivity index (χ2v) is 7.18. The van der Waals surface area contributed by atoms with Crippen molar-refractivity contribution in [3.05, 3.63) is 71.5 Å². The molecule has 1 heterocycles. The first-order chi connectivity index (χ1) is 15.5. The number of guanidine groups is 1. The van der Waals surface area contributed by atoms with E-state index in [0.29, 0.717) is 35.3 Å². The number of hydrogen-bond donors (Lipinski definition) is 2. The summed E-state index contributed by atoms with van der Waals surface area (Å²) in [5.41, 5.74) is 3.16. The molecule has 32 heavy (non-hydrogen) atoms. The summed E-state index contributed by atoms with van der Waals surface area (Å²) in [6.45, 7) is 5.30. The first kappa shape index (κ1) is 22.9. The van der Waals surface area contributed by atoms with Crippen LogP contribution in [0.2, 0.25) is 0 Å². The highest BCUT2D eigenvalue weighted by Crippen LogP contribution is 2.29. The molecule has 1 amide bonds. The smallest absolute Gasteiger partial charge is 0.257 e. The van der Waals surface area contributed by atoms with E-state index < -0.39 is 0 Å². The van der Waals surface area contributed by atoms with Gasteiger partial charge in [0.15, 0.2) is 11.5 Å². The Hall–Kier alpha value is -3.81. The molecule has 0 fully saturated rings. The Morgan fingerprint density at radius 2 is 1.84 bits per heavy atom. The molecular weight excluding hydrogens is 406 g/mol. The summed E-state index contributed by atoms with van der Waals surface area (Å²) >= 11 is 0. The van der Waals surface area contributed by atoms with Crippen molar-refractivity contribution in [3.63, 3.8) is 0 Å². The van der Waals surface area contributed by atoms with Crippen molar-refractivity contribution in [2.24, 2.45) is 4.99 Å². The van der Waals surface area contributed by atoms with E-state index in [9.17, 15) is 4.79 Å². The Morgan fingerprint density at radius 1 is 1.09 bits per heavy atom. The largest absolute Gasteiger partial charge is 0.493 e. The van der Waals surface area contributed by atoms with E-state index in [0.717, 1.165) is 24.2 Å². The average molecular weight is 436 g/mol. The van der Waals surface area contributed by atoms with Crippen LogP contribution in [0.25, 0.3) is 0 Å². The van der Waals surface area contributed by atoms with Gasteiger partial charge in [-0.1, -0.05) is 25.1 Å². The lowest BCUT2D eigenvalue weighted by Crippen LogP contribution is -2.36. The lowest BCUT2D eigenvalue weighted by Gasteiger charge is -2.14. The number of aryl methyl sites for hydroxylation is 2. The molecule has 2 N–H and O–H groups in total.